The largest absolute Gasteiger partial charge is 0.371 e. The van der Waals surface area contributed by atoms with E-state index < -0.39 is 15.3 Å². The van der Waals surface area contributed by atoms with Gasteiger partial charge in [0.05, 0.1) is 5.25 Å². The molecule has 1 fully saturated rings. The molecule has 2 rings (SSSR count). The van der Waals surface area contributed by atoms with Gasteiger partial charge in [0.15, 0.2) is 0 Å². The molecule has 2 atom stereocenters. The molecule has 158 valence electrons. The first-order chi connectivity index (χ1) is 13.2. The van der Waals surface area contributed by atoms with Crippen LogP contribution in [0.15, 0.2) is 24.3 Å². The number of rotatable bonds is 9. The van der Waals surface area contributed by atoms with Crippen molar-refractivity contribution in [1.82, 2.24) is 4.72 Å². The van der Waals surface area contributed by atoms with Crippen molar-refractivity contribution >= 4 is 27.3 Å². The highest BCUT2D eigenvalue weighted by molar-refractivity contribution is 7.90. The molecule has 1 heterocycles. The van der Waals surface area contributed by atoms with Gasteiger partial charge in [-0.2, -0.15) is 0 Å². The first-order valence-corrected chi connectivity index (χ1v) is 11.9. The number of unbranched alkanes of at least 4 members (excludes halogenated alkanes) is 1. The average molecular weight is 410 g/mol. The molecule has 7 heteroatoms. The molecule has 1 saturated heterocycles. The van der Waals surface area contributed by atoms with E-state index in [9.17, 15) is 13.2 Å². The Hall–Kier alpha value is -1.60. The van der Waals surface area contributed by atoms with Crippen molar-refractivity contribution < 1.29 is 13.2 Å². The summed E-state index contributed by atoms with van der Waals surface area (Å²) < 4.78 is 25.9. The number of hydrogen-bond donors (Lipinski definition) is 2. The summed E-state index contributed by atoms with van der Waals surface area (Å²) in [5.74, 6) is 1.36. The Morgan fingerprint density at radius 2 is 1.71 bits per heavy atom. The highest BCUT2D eigenvalue weighted by atomic mass is 32.2. The maximum atomic E-state index is 12.1. The lowest BCUT2D eigenvalue weighted by Gasteiger charge is -2.36. The van der Waals surface area contributed by atoms with Crippen LogP contribution in [0.25, 0.3) is 0 Å². The quantitative estimate of drug-likeness (QED) is 0.611. The third kappa shape index (κ3) is 7.09. The van der Waals surface area contributed by atoms with Crippen molar-refractivity contribution in [2.45, 2.75) is 58.6 Å². The van der Waals surface area contributed by atoms with Crippen molar-refractivity contribution in [3.8, 4) is 0 Å². The van der Waals surface area contributed by atoms with E-state index >= 15 is 0 Å². The summed E-state index contributed by atoms with van der Waals surface area (Å²) in [5, 5.41) is 2.48. The van der Waals surface area contributed by atoms with Crippen LogP contribution in [0, 0.1) is 11.8 Å². The van der Waals surface area contributed by atoms with Crippen molar-refractivity contribution in [3.63, 3.8) is 0 Å². The monoisotopic (exact) mass is 409 g/mol. The zero-order valence-electron chi connectivity index (χ0n) is 17.6. The number of amides is 1. The fourth-order valence-corrected chi connectivity index (χ4v) is 4.41. The van der Waals surface area contributed by atoms with Crippen LogP contribution in [0.5, 0.6) is 0 Å². The first-order valence-electron chi connectivity index (χ1n) is 10.3. The van der Waals surface area contributed by atoms with Crippen LogP contribution < -0.4 is 14.9 Å². The molecule has 28 heavy (non-hydrogen) atoms. The minimum atomic E-state index is -3.22. The Morgan fingerprint density at radius 3 is 2.29 bits per heavy atom. The van der Waals surface area contributed by atoms with Gasteiger partial charge in [-0.3, -0.25) is 4.79 Å². The highest BCUT2D eigenvalue weighted by Gasteiger charge is 2.21. The van der Waals surface area contributed by atoms with Gasteiger partial charge in [-0.25, -0.2) is 13.1 Å². The van der Waals surface area contributed by atoms with Crippen LogP contribution in [0.4, 0.5) is 11.4 Å². The molecule has 1 aromatic carbocycles. The Bertz CT molecular complexity index is 722. The fraction of sp³-hybridized carbons (Fsp3) is 0.667. The van der Waals surface area contributed by atoms with Crippen molar-refractivity contribution in [2.75, 3.05) is 29.9 Å². The second-order valence-corrected chi connectivity index (χ2v) is 10.7. The summed E-state index contributed by atoms with van der Waals surface area (Å²) in [6.45, 7) is 10.4. The van der Waals surface area contributed by atoms with Gasteiger partial charge in [-0.1, -0.05) is 13.8 Å². The minimum Gasteiger partial charge on any atom is -0.371 e. The van der Waals surface area contributed by atoms with Crippen LogP contribution in [0.3, 0.4) is 0 Å². The predicted molar refractivity (Wildman–Crippen MR) is 116 cm³/mol. The lowest BCUT2D eigenvalue weighted by atomic mass is 9.91. The van der Waals surface area contributed by atoms with Crippen molar-refractivity contribution in [2.24, 2.45) is 11.8 Å². The van der Waals surface area contributed by atoms with E-state index in [0.29, 0.717) is 37.6 Å². The van der Waals surface area contributed by atoms with E-state index in [1.165, 1.54) is 12.1 Å². The number of anilines is 2. The normalized spacial score (nSPS) is 20.4. The molecule has 1 aliphatic rings. The summed E-state index contributed by atoms with van der Waals surface area (Å²) in [5.41, 5.74) is 2.00. The van der Waals surface area contributed by atoms with Gasteiger partial charge in [-0.05, 0) is 69.2 Å². The molecular formula is C21H35N3O3S. The van der Waals surface area contributed by atoms with Crippen LogP contribution in [-0.4, -0.2) is 39.2 Å². The van der Waals surface area contributed by atoms with Crippen molar-refractivity contribution in [3.05, 3.63) is 24.3 Å². The molecule has 0 saturated carbocycles. The summed E-state index contributed by atoms with van der Waals surface area (Å²) in [7, 11) is -3.22. The maximum Gasteiger partial charge on any atom is 0.224 e. The second kappa shape index (κ2) is 10.3. The summed E-state index contributed by atoms with van der Waals surface area (Å²) in [6.07, 6.45) is 2.95. The zero-order chi connectivity index (χ0) is 20.7. The minimum absolute atomic E-state index is 0.0420. The number of piperidine rings is 1. The molecule has 2 N–H and O–H groups in total. The third-order valence-corrected chi connectivity index (χ3v) is 6.99. The number of carbonyl (C=O) groups excluding carboxylic acids is 1. The SMILES string of the molecule is CC(C)S(=O)(=O)NCCCCC(=O)Nc1ccc(N2C[C@H](C)C[C@H](C)C2)cc1. The van der Waals surface area contributed by atoms with Crippen LogP contribution in [-0.2, 0) is 14.8 Å². The van der Waals surface area contributed by atoms with Gasteiger partial charge < -0.3 is 10.2 Å². The van der Waals surface area contributed by atoms with Crippen molar-refractivity contribution in [1.29, 1.82) is 0 Å². The van der Waals surface area contributed by atoms with Gasteiger partial charge in [0, 0.05) is 37.4 Å². The average Bonchev–Trinajstić information content (AvgIpc) is 2.61. The Balaban J connectivity index is 1.72. The number of benzene rings is 1. The maximum absolute atomic E-state index is 12.1. The van der Waals surface area contributed by atoms with Crippen LogP contribution in [0.1, 0.15) is 53.4 Å². The van der Waals surface area contributed by atoms with Gasteiger partial charge in [-0.15, -0.1) is 0 Å². The molecule has 1 aromatic rings. The number of hydrogen-bond acceptors (Lipinski definition) is 4. The van der Waals surface area contributed by atoms with E-state index in [-0.39, 0.29) is 5.91 Å². The van der Waals surface area contributed by atoms with Gasteiger partial charge >= 0.3 is 0 Å². The molecule has 1 aliphatic heterocycles. The number of carbonyl (C=O) groups is 1. The second-order valence-electron chi connectivity index (χ2n) is 8.39. The zero-order valence-corrected chi connectivity index (χ0v) is 18.4. The molecule has 1 amide bonds. The molecular weight excluding hydrogens is 374 g/mol. The molecule has 0 radical (unpaired) electrons. The highest BCUT2D eigenvalue weighted by Crippen LogP contribution is 2.27. The molecule has 6 nitrogen and oxygen atoms in total. The van der Waals surface area contributed by atoms with E-state index in [1.807, 2.05) is 12.1 Å². The number of nitrogens with one attached hydrogen (secondary N) is 2. The molecule has 0 spiro atoms. The van der Waals surface area contributed by atoms with Gasteiger partial charge in [0.1, 0.15) is 0 Å². The Labute approximate surface area is 170 Å². The number of nitrogens with zero attached hydrogens (tertiary/aromatic N) is 1. The van der Waals surface area contributed by atoms with Crippen LogP contribution >= 0.6 is 0 Å². The summed E-state index contributed by atoms with van der Waals surface area (Å²) in [6, 6.07) is 8.05. The molecule has 0 unspecified atom stereocenters. The molecule has 0 aliphatic carbocycles. The number of sulfonamides is 1. The van der Waals surface area contributed by atoms with Gasteiger partial charge in [0.25, 0.3) is 0 Å². The lowest BCUT2D eigenvalue weighted by Crippen LogP contribution is -2.38. The van der Waals surface area contributed by atoms with Gasteiger partial charge in [0.2, 0.25) is 15.9 Å². The van der Waals surface area contributed by atoms with E-state index in [2.05, 4.69) is 40.9 Å². The molecule has 0 aromatic heterocycles. The standard InChI is InChI=1S/C21H35N3O3S/c1-16(2)28(26,27)22-12-6-5-7-21(25)23-19-8-10-20(11-9-19)24-14-17(3)13-18(4)15-24/h8-11,16-18,22H,5-7,12-15H2,1-4H3,(H,23,25)/t17-,18+. The van der Waals surface area contributed by atoms with E-state index in [1.54, 1.807) is 13.8 Å². The van der Waals surface area contributed by atoms with E-state index in [0.717, 1.165) is 18.8 Å². The summed E-state index contributed by atoms with van der Waals surface area (Å²) >= 11 is 0. The smallest absolute Gasteiger partial charge is 0.224 e. The first kappa shape index (κ1) is 22.7. The topological polar surface area (TPSA) is 78.5 Å². The molecule has 0 bridgehead atoms. The predicted octanol–water partition coefficient (Wildman–Crippen LogP) is 3.61. The van der Waals surface area contributed by atoms with Crippen LogP contribution in [0.2, 0.25) is 0 Å². The lowest BCUT2D eigenvalue weighted by molar-refractivity contribution is -0.116. The third-order valence-electron chi connectivity index (χ3n) is 5.14. The fourth-order valence-electron chi connectivity index (χ4n) is 3.64. The summed E-state index contributed by atoms with van der Waals surface area (Å²) in [4.78, 5) is 14.5. The van der Waals surface area contributed by atoms with E-state index in [4.69, 9.17) is 0 Å². The Morgan fingerprint density at radius 1 is 1.11 bits per heavy atom. The Kier molecular flexibility index (Phi) is 8.31.